The lowest BCUT2D eigenvalue weighted by Crippen LogP contribution is -2.28. The number of primary amides is 1. The van der Waals surface area contributed by atoms with Crippen molar-refractivity contribution < 1.29 is 24.4 Å². The van der Waals surface area contributed by atoms with Gasteiger partial charge in [-0.25, -0.2) is 10.5 Å². The predicted molar refractivity (Wildman–Crippen MR) is 77.2 cm³/mol. The zero-order chi connectivity index (χ0) is 17.0. The van der Waals surface area contributed by atoms with E-state index in [4.69, 9.17) is 10.9 Å². The zero-order valence-electron chi connectivity index (χ0n) is 12.3. The Kier molecular flexibility index (Phi) is 5.17. The highest BCUT2D eigenvalue weighted by Crippen LogP contribution is 2.21. The minimum absolute atomic E-state index is 0.138. The number of Topliss-reactive ketones (excluding diaryl/α,β-unsaturated/α-hetero) is 2. The van der Waals surface area contributed by atoms with Gasteiger partial charge in [-0.05, 0) is 12.8 Å². The average molecular weight is 318 g/mol. The molecule has 1 aromatic rings. The number of carbonyl (C=O) groups excluding carboxylic acids is 4. The van der Waals surface area contributed by atoms with Crippen LogP contribution < -0.4 is 11.2 Å². The second kappa shape index (κ2) is 7.10. The molecular formula is C15H16N3O5. The molecule has 1 radical (unpaired) electrons. The monoisotopic (exact) mass is 318 g/mol. The van der Waals surface area contributed by atoms with Crippen LogP contribution in [0.5, 0.6) is 0 Å². The first-order valence-corrected chi connectivity index (χ1v) is 7.23. The number of hydroxylamine groups is 1. The van der Waals surface area contributed by atoms with Crippen molar-refractivity contribution in [2.24, 2.45) is 5.73 Å². The molecule has 0 spiro atoms. The zero-order valence-corrected chi connectivity index (χ0v) is 12.3. The van der Waals surface area contributed by atoms with Gasteiger partial charge in [0.2, 0.25) is 0 Å². The number of nitrogens with zero attached hydrogens (tertiary/aromatic N) is 1. The van der Waals surface area contributed by atoms with Crippen LogP contribution in [0.2, 0.25) is 0 Å². The summed E-state index contributed by atoms with van der Waals surface area (Å²) in [5, 5.41) is 8.75. The fourth-order valence-corrected chi connectivity index (χ4v) is 2.44. The van der Waals surface area contributed by atoms with Crippen molar-refractivity contribution in [3.05, 3.63) is 28.6 Å². The molecule has 0 atom stereocenters. The number of amides is 2. The number of pyridine rings is 1. The Morgan fingerprint density at radius 3 is 2.26 bits per heavy atom. The SMILES string of the molecule is NC(=O)c1nc2c([c]c1C(=O)NO)C(=O)CCCCCCC2=O. The maximum Gasteiger partial charge on any atom is 0.277 e. The third kappa shape index (κ3) is 3.59. The van der Waals surface area contributed by atoms with E-state index in [1.807, 2.05) is 0 Å². The summed E-state index contributed by atoms with van der Waals surface area (Å²) in [4.78, 5) is 51.5. The fraction of sp³-hybridized carbons (Fsp3) is 0.400. The van der Waals surface area contributed by atoms with Gasteiger partial charge in [0.25, 0.3) is 11.8 Å². The molecule has 4 N–H and O–H groups in total. The van der Waals surface area contributed by atoms with Crippen molar-refractivity contribution >= 4 is 23.4 Å². The lowest BCUT2D eigenvalue weighted by molar-refractivity contribution is 0.0701. The molecule has 1 aliphatic rings. The average Bonchev–Trinajstić information content (AvgIpc) is 2.54. The topological polar surface area (TPSA) is 139 Å². The lowest BCUT2D eigenvalue weighted by atomic mass is 9.94. The van der Waals surface area contributed by atoms with Crippen LogP contribution in [-0.2, 0) is 0 Å². The minimum Gasteiger partial charge on any atom is -0.364 e. The van der Waals surface area contributed by atoms with Crippen LogP contribution in [0.3, 0.4) is 0 Å². The van der Waals surface area contributed by atoms with Gasteiger partial charge in [0, 0.05) is 18.9 Å². The van der Waals surface area contributed by atoms with Gasteiger partial charge in [0.1, 0.15) is 11.4 Å². The molecule has 1 heterocycles. The van der Waals surface area contributed by atoms with Crippen LogP contribution in [-0.4, -0.2) is 33.6 Å². The number of rotatable bonds is 2. The van der Waals surface area contributed by atoms with Crippen LogP contribution >= 0.6 is 0 Å². The summed E-state index contributed by atoms with van der Waals surface area (Å²) in [6.45, 7) is 0. The van der Waals surface area contributed by atoms with Crippen LogP contribution in [0.4, 0.5) is 0 Å². The maximum absolute atomic E-state index is 12.3. The van der Waals surface area contributed by atoms with Crippen LogP contribution in [0.15, 0.2) is 0 Å². The van der Waals surface area contributed by atoms with Gasteiger partial charge >= 0.3 is 0 Å². The minimum atomic E-state index is -1.08. The molecule has 0 unspecified atom stereocenters. The summed E-state index contributed by atoms with van der Waals surface area (Å²) in [6.07, 6.45) is 3.33. The van der Waals surface area contributed by atoms with E-state index in [-0.39, 0.29) is 29.9 Å². The summed E-state index contributed by atoms with van der Waals surface area (Å²) < 4.78 is 0. The molecule has 2 amide bonds. The molecule has 121 valence electrons. The summed E-state index contributed by atoms with van der Waals surface area (Å²) in [7, 11) is 0. The second-order valence-corrected chi connectivity index (χ2v) is 5.25. The Bertz CT molecular complexity index is 684. The van der Waals surface area contributed by atoms with Crippen LogP contribution in [0.25, 0.3) is 0 Å². The highest BCUT2D eigenvalue weighted by Gasteiger charge is 2.27. The smallest absolute Gasteiger partial charge is 0.277 e. The number of hydrogen-bond donors (Lipinski definition) is 3. The van der Waals surface area contributed by atoms with E-state index < -0.39 is 28.9 Å². The number of carbonyl (C=O) groups is 4. The Hall–Kier alpha value is -2.61. The summed E-state index contributed by atoms with van der Waals surface area (Å²) in [5.41, 5.74) is 5.21. The Morgan fingerprint density at radius 2 is 1.70 bits per heavy atom. The van der Waals surface area contributed by atoms with Crippen molar-refractivity contribution in [3.63, 3.8) is 0 Å². The van der Waals surface area contributed by atoms with E-state index >= 15 is 0 Å². The number of nitrogens with one attached hydrogen (secondary N) is 1. The van der Waals surface area contributed by atoms with Crippen LogP contribution in [0, 0.1) is 6.07 Å². The molecule has 2 rings (SSSR count). The Morgan fingerprint density at radius 1 is 1.09 bits per heavy atom. The molecule has 8 heteroatoms. The molecule has 8 nitrogen and oxygen atoms in total. The van der Waals surface area contributed by atoms with E-state index in [0.29, 0.717) is 12.8 Å². The maximum atomic E-state index is 12.3. The third-order valence-corrected chi connectivity index (χ3v) is 3.61. The molecule has 23 heavy (non-hydrogen) atoms. The van der Waals surface area contributed by atoms with Crippen molar-refractivity contribution in [1.29, 1.82) is 0 Å². The van der Waals surface area contributed by atoms with Gasteiger partial charge in [-0.3, -0.25) is 24.4 Å². The van der Waals surface area contributed by atoms with E-state index in [9.17, 15) is 19.2 Å². The molecule has 0 saturated carbocycles. The molecule has 1 aromatic heterocycles. The Balaban J connectivity index is 2.65. The van der Waals surface area contributed by atoms with Gasteiger partial charge < -0.3 is 5.73 Å². The van der Waals surface area contributed by atoms with Crippen molar-refractivity contribution in [2.75, 3.05) is 0 Å². The first-order chi connectivity index (χ1) is 11.0. The molecular weight excluding hydrogens is 302 g/mol. The summed E-state index contributed by atoms with van der Waals surface area (Å²) in [6, 6.07) is 2.46. The number of ketones is 2. The molecule has 0 saturated heterocycles. The highest BCUT2D eigenvalue weighted by molar-refractivity contribution is 6.12. The van der Waals surface area contributed by atoms with Gasteiger partial charge in [-0.2, -0.15) is 0 Å². The largest absolute Gasteiger partial charge is 0.364 e. The van der Waals surface area contributed by atoms with E-state index in [1.54, 1.807) is 0 Å². The van der Waals surface area contributed by atoms with E-state index in [1.165, 1.54) is 5.48 Å². The third-order valence-electron chi connectivity index (χ3n) is 3.61. The summed E-state index contributed by atoms with van der Waals surface area (Å²) >= 11 is 0. The van der Waals surface area contributed by atoms with Gasteiger partial charge in [-0.1, -0.05) is 12.8 Å². The molecule has 0 aromatic carbocycles. The normalized spacial score (nSPS) is 15.7. The number of aromatic nitrogens is 1. The van der Waals surface area contributed by atoms with Crippen LogP contribution in [0.1, 0.15) is 80.2 Å². The molecule has 1 aliphatic carbocycles. The first-order valence-electron chi connectivity index (χ1n) is 7.23. The fourth-order valence-electron chi connectivity index (χ4n) is 2.44. The van der Waals surface area contributed by atoms with Crippen molar-refractivity contribution in [2.45, 2.75) is 38.5 Å². The van der Waals surface area contributed by atoms with E-state index in [0.717, 1.165) is 12.8 Å². The quantitative estimate of drug-likeness (QED) is 0.545. The summed E-state index contributed by atoms with van der Waals surface area (Å²) in [5.74, 6) is -2.91. The molecule has 0 bridgehead atoms. The van der Waals surface area contributed by atoms with Gasteiger partial charge in [0.05, 0.1) is 11.1 Å². The molecule has 0 aliphatic heterocycles. The number of nitrogens with two attached hydrogens (primary N) is 1. The highest BCUT2D eigenvalue weighted by atomic mass is 16.5. The van der Waals surface area contributed by atoms with Gasteiger partial charge in [-0.15, -0.1) is 0 Å². The molecule has 0 fully saturated rings. The second-order valence-electron chi connectivity index (χ2n) is 5.25. The Labute approximate surface area is 132 Å². The standard InChI is InChI=1S/C15H16N3O5/c16-14(21)13-9(15(22)18-23)7-8-10(19)5-3-1-2-4-6-11(20)12(8)17-13/h23H,1-6H2,(H2,16,21)(H,18,22). The number of fused-ring (bicyclic) bond motifs is 1. The van der Waals surface area contributed by atoms with Crippen molar-refractivity contribution in [1.82, 2.24) is 10.5 Å². The van der Waals surface area contributed by atoms with Crippen molar-refractivity contribution in [3.8, 4) is 0 Å². The first kappa shape index (κ1) is 16.8. The van der Waals surface area contributed by atoms with E-state index in [2.05, 4.69) is 11.1 Å². The number of hydrogen-bond acceptors (Lipinski definition) is 6. The predicted octanol–water partition coefficient (Wildman–Crippen LogP) is 0.819. The van der Waals surface area contributed by atoms with Gasteiger partial charge in [0.15, 0.2) is 11.6 Å². The lowest BCUT2D eigenvalue weighted by Gasteiger charge is -2.13.